The summed E-state index contributed by atoms with van der Waals surface area (Å²) in [4.78, 5) is 38.4. The second kappa shape index (κ2) is 15.9. The van der Waals surface area contributed by atoms with Gasteiger partial charge in [0.05, 0.1) is 36.3 Å². The highest BCUT2D eigenvalue weighted by Crippen LogP contribution is 2.17. The topological polar surface area (TPSA) is 100 Å². The molecule has 2 unspecified atom stereocenters. The average Bonchev–Trinajstić information content (AvgIpc) is 2.98. The van der Waals surface area contributed by atoms with Crippen molar-refractivity contribution in [1.29, 1.82) is 0 Å². The summed E-state index contributed by atoms with van der Waals surface area (Å²) in [7, 11) is 0. The van der Waals surface area contributed by atoms with Crippen LogP contribution in [0.4, 0.5) is 0 Å². The highest BCUT2D eigenvalue weighted by atomic mass is 16.5. The number of fused-ring (bicyclic) bond motifs is 1. The van der Waals surface area contributed by atoms with Gasteiger partial charge in [-0.05, 0) is 60.6 Å². The Morgan fingerprint density at radius 1 is 0.800 bits per heavy atom. The van der Waals surface area contributed by atoms with Crippen LogP contribution in [0, 0.1) is 11.8 Å². The van der Waals surface area contributed by atoms with Crippen LogP contribution < -0.4 is 5.56 Å². The number of carbonyl (C=O) groups excluding carboxylic acids is 2. The Morgan fingerprint density at radius 3 is 1.90 bits per heavy atom. The van der Waals surface area contributed by atoms with E-state index in [0.29, 0.717) is 47.1 Å². The maximum absolute atomic E-state index is 13.2. The van der Waals surface area contributed by atoms with Gasteiger partial charge < -0.3 is 9.47 Å². The number of hydrogen-bond acceptors (Lipinski definition) is 7. The fourth-order valence-corrected chi connectivity index (χ4v) is 4.58. The third-order valence-corrected chi connectivity index (χ3v) is 7.47. The van der Waals surface area contributed by atoms with Crippen LogP contribution >= 0.6 is 0 Å². The Bertz CT molecular complexity index is 1300. The van der Waals surface area contributed by atoms with Gasteiger partial charge in [0, 0.05) is 0 Å². The zero-order valence-electron chi connectivity index (χ0n) is 24.4. The van der Waals surface area contributed by atoms with E-state index in [1.54, 1.807) is 36.4 Å². The molecule has 0 aliphatic heterocycles. The molecule has 8 nitrogen and oxygen atoms in total. The molecule has 0 aliphatic carbocycles. The number of aromatic nitrogens is 3. The summed E-state index contributed by atoms with van der Waals surface area (Å²) in [5.41, 5.74) is 1.63. The quantitative estimate of drug-likeness (QED) is 0.186. The summed E-state index contributed by atoms with van der Waals surface area (Å²) < 4.78 is 12.3. The van der Waals surface area contributed by atoms with Crippen molar-refractivity contribution in [3.63, 3.8) is 0 Å². The third-order valence-electron chi connectivity index (χ3n) is 7.47. The van der Waals surface area contributed by atoms with Gasteiger partial charge in [-0.3, -0.25) is 4.79 Å². The summed E-state index contributed by atoms with van der Waals surface area (Å²) in [6.45, 7) is 9.49. The molecule has 40 heavy (non-hydrogen) atoms. The van der Waals surface area contributed by atoms with E-state index in [1.807, 2.05) is 0 Å². The first-order chi connectivity index (χ1) is 19.4. The minimum absolute atomic E-state index is 0.177. The highest BCUT2D eigenvalue weighted by Gasteiger charge is 2.16. The molecule has 0 aliphatic rings. The normalized spacial score (nSPS) is 12.7. The lowest BCUT2D eigenvalue weighted by molar-refractivity contribution is 0.0419. The average molecular weight is 550 g/mol. The number of carbonyl (C=O) groups is 2. The van der Waals surface area contributed by atoms with E-state index in [-0.39, 0.29) is 18.1 Å². The first-order valence-corrected chi connectivity index (χ1v) is 14.7. The van der Waals surface area contributed by atoms with Crippen molar-refractivity contribution in [2.45, 2.75) is 85.6 Å². The zero-order valence-corrected chi connectivity index (χ0v) is 24.4. The second-order valence-corrected chi connectivity index (χ2v) is 10.5. The van der Waals surface area contributed by atoms with Crippen LogP contribution in [0.1, 0.15) is 105 Å². The molecule has 0 radical (unpaired) electrons. The molecule has 0 amide bonds. The number of ether oxygens (including phenoxy) is 2. The minimum atomic E-state index is -0.447. The minimum Gasteiger partial charge on any atom is -0.462 e. The molecule has 1 aromatic heterocycles. The number of nitrogens with zero attached hydrogens (tertiary/aromatic N) is 3. The lowest BCUT2D eigenvalue weighted by Gasteiger charge is -2.15. The van der Waals surface area contributed by atoms with E-state index in [4.69, 9.17) is 9.47 Å². The standard InChI is InChI=1S/C32H43N3O5/c1-5-9-11-23(7-3)21-39-31(37)26-15-13-25(14-16-26)20-35-30(36)28-19-27(17-18-29(28)33-34-35)32(38)40-22-24(8-4)12-10-6-2/h13-19,23-24H,5-12,20-22H2,1-4H3. The summed E-state index contributed by atoms with van der Waals surface area (Å²) >= 11 is 0. The molecular weight excluding hydrogens is 506 g/mol. The smallest absolute Gasteiger partial charge is 0.338 e. The predicted octanol–water partition coefficient (Wildman–Crippen LogP) is 6.59. The van der Waals surface area contributed by atoms with Gasteiger partial charge in [-0.25, -0.2) is 14.3 Å². The van der Waals surface area contributed by atoms with Gasteiger partial charge in [-0.2, -0.15) is 0 Å². The van der Waals surface area contributed by atoms with Crippen molar-refractivity contribution < 1.29 is 19.1 Å². The maximum atomic E-state index is 13.2. The zero-order chi connectivity index (χ0) is 28.9. The summed E-state index contributed by atoms with van der Waals surface area (Å²) in [5, 5.41) is 8.53. The monoisotopic (exact) mass is 549 g/mol. The van der Waals surface area contributed by atoms with Gasteiger partial charge in [0.2, 0.25) is 0 Å². The largest absolute Gasteiger partial charge is 0.462 e. The van der Waals surface area contributed by atoms with Crippen LogP contribution in [0.2, 0.25) is 0 Å². The fourth-order valence-electron chi connectivity index (χ4n) is 4.58. The third kappa shape index (κ3) is 8.73. The number of hydrogen-bond donors (Lipinski definition) is 0. The molecule has 0 N–H and O–H groups in total. The van der Waals surface area contributed by atoms with Crippen LogP contribution in [-0.4, -0.2) is 40.1 Å². The molecule has 216 valence electrons. The van der Waals surface area contributed by atoms with Crippen molar-refractivity contribution >= 4 is 22.8 Å². The van der Waals surface area contributed by atoms with E-state index < -0.39 is 5.97 Å². The molecule has 0 bridgehead atoms. The predicted molar refractivity (Wildman–Crippen MR) is 157 cm³/mol. The first-order valence-electron chi connectivity index (χ1n) is 14.7. The maximum Gasteiger partial charge on any atom is 0.338 e. The van der Waals surface area contributed by atoms with Crippen LogP contribution in [-0.2, 0) is 16.0 Å². The number of esters is 2. The Labute approximate surface area is 237 Å². The second-order valence-electron chi connectivity index (χ2n) is 10.5. The van der Waals surface area contributed by atoms with E-state index in [0.717, 1.165) is 56.9 Å². The van der Waals surface area contributed by atoms with Crippen molar-refractivity contribution in [2.75, 3.05) is 13.2 Å². The van der Waals surface area contributed by atoms with Gasteiger partial charge in [0.1, 0.15) is 5.52 Å². The van der Waals surface area contributed by atoms with Crippen molar-refractivity contribution in [2.24, 2.45) is 11.8 Å². The van der Waals surface area contributed by atoms with Gasteiger partial charge in [-0.1, -0.05) is 83.6 Å². The molecule has 3 aromatic rings. The van der Waals surface area contributed by atoms with Crippen molar-refractivity contribution in [1.82, 2.24) is 15.0 Å². The Kier molecular flexibility index (Phi) is 12.3. The molecule has 0 saturated heterocycles. The molecule has 0 spiro atoms. The van der Waals surface area contributed by atoms with E-state index in [1.165, 1.54) is 10.7 Å². The lowest BCUT2D eigenvalue weighted by Crippen LogP contribution is -2.25. The van der Waals surface area contributed by atoms with Crippen LogP contribution in [0.15, 0.2) is 47.3 Å². The van der Waals surface area contributed by atoms with Crippen LogP contribution in [0.25, 0.3) is 10.9 Å². The molecule has 8 heteroatoms. The number of benzene rings is 2. The number of unbranched alkanes of at least 4 members (excludes halogenated alkanes) is 2. The van der Waals surface area contributed by atoms with Crippen molar-refractivity contribution in [3.05, 3.63) is 69.5 Å². The van der Waals surface area contributed by atoms with E-state index in [2.05, 4.69) is 38.0 Å². The fraction of sp³-hybridized carbons (Fsp3) is 0.531. The SMILES string of the molecule is CCCCC(CC)COC(=O)c1ccc(Cn2nnc3ccc(C(=O)OCC(CC)CCCC)cc3c2=O)cc1. The van der Waals surface area contributed by atoms with Crippen molar-refractivity contribution in [3.8, 4) is 0 Å². The molecule has 2 atom stereocenters. The lowest BCUT2D eigenvalue weighted by atomic mass is 10.0. The van der Waals surface area contributed by atoms with E-state index >= 15 is 0 Å². The molecule has 0 saturated carbocycles. The van der Waals surface area contributed by atoms with E-state index in [9.17, 15) is 14.4 Å². The first kappa shape index (κ1) is 31.0. The molecule has 0 fully saturated rings. The molecule has 2 aromatic carbocycles. The molecular formula is C32H43N3O5. The van der Waals surface area contributed by atoms with Crippen LogP contribution in [0.3, 0.4) is 0 Å². The molecule has 3 rings (SSSR count). The summed E-state index contributed by atoms with van der Waals surface area (Å²) in [6, 6.07) is 11.7. The van der Waals surface area contributed by atoms with Gasteiger partial charge in [0.25, 0.3) is 5.56 Å². The van der Waals surface area contributed by atoms with Gasteiger partial charge in [-0.15, -0.1) is 5.10 Å². The van der Waals surface area contributed by atoms with Gasteiger partial charge in [0.15, 0.2) is 0 Å². The summed E-state index contributed by atoms with van der Waals surface area (Å²) in [6.07, 6.45) is 8.49. The Balaban J connectivity index is 1.66. The van der Waals surface area contributed by atoms with Gasteiger partial charge >= 0.3 is 11.9 Å². The Morgan fingerprint density at radius 2 is 1.35 bits per heavy atom. The Hall–Kier alpha value is -3.55. The molecule has 1 heterocycles. The highest BCUT2D eigenvalue weighted by molar-refractivity contribution is 5.94. The van der Waals surface area contributed by atoms with Crippen LogP contribution in [0.5, 0.6) is 0 Å². The number of rotatable bonds is 16. The summed E-state index contributed by atoms with van der Waals surface area (Å²) in [5.74, 6) is -0.0837.